The molecule has 0 fully saturated rings. The molecule has 0 heterocycles. The maximum atomic E-state index is 8.30. The van der Waals surface area contributed by atoms with Gasteiger partial charge in [-0.3, -0.25) is 0 Å². The van der Waals surface area contributed by atoms with Crippen LogP contribution in [0.4, 0.5) is 0 Å². The quantitative estimate of drug-likeness (QED) is 0.501. The van der Waals surface area contributed by atoms with Gasteiger partial charge in [-0.1, -0.05) is 6.55 Å². The van der Waals surface area contributed by atoms with E-state index in [1.54, 1.807) is 0 Å². The zero-order valence-corrected chi connectivity index (χ0v) is 8.36. The second-order valence-corrected chi connectivity index (χ2v) is 9.29. The molecule has 0 aliphatic rings. The van der Waals surface area contributed by atoms with E-state index in [0.29, 0.717) is 12.8 Å². The first-order valence-electron chi connectivity index (χ1n) is 3.55. The van der Waals surface area contributed by atoms with Crippen molar-refractivity contribution >= 4 is 18.5 Å². The van der Waals surface area contributed by atoms with Gasteiger partial charge in [-0.05, 0) is 12.1 Å². The Kier molecular flexibility index (Phi) is 4.94. The van der Waals surface area contributed by atoms with Crippen molar-refractivity contribution in [3.05, 3.63) is 0 Å². The van der Waals surface area contributed by atoms with Gasteiger partial charge < -0.3 is 0 Å². The Balaban J connectivity index is 3.64. The number of hydrogen-bond acceptors (Lipinski definition) is 2. The molecule has 0 aliphatic heterocycles. The summed E-state index contributed by atoms with van der Waals surface area (Å²) in [5, 5.41) is 16.6. The highest BCUT2D eigenvalue weighted by Crippen LogP contribution is 2.23. The van der Waals surface area contributed by atoms with Crippen LogP contribution < -0.4 is 0 Å². The second-order valence-electron chi connectivity index (χ2n) is 2.73. The molecule has 0 amide bonds. The first-order valence-corrected chi connectivity index (χ1v) is 7.48. The van der Waals surface area contributed by atoms with Gasteiger partial charge in [0.2, 0.25) is 0 Å². The van der Waals surface area contributed by atoms with E-state index in [0.717, 1.165) is 12.1 Å². The van der Waals surface area contributed by atoms with Gasteiger partial charge in [0.25, 0.3) is 0 Å². The molecule has 0 unspecified atom stereocenters. The Bertz CT molecular complexity index is 170. The number of nitriles is 2. The molecule has 0 aliphatic carbocycles. The predicted octanol–water partition coefficient (Wildman–Crippen LogP) is 2.63. The molecular formula is C7H11ClN2Si. The normalized spacial score (nSPS) is 10.2. The summed E-state index contributed by atoms with van der Waals surface area (Å²) in [5.41, 5.74) is 0. The van der Waals surface area contributed by atoms with Crippen LogP contribution in [-0.2, 0) is 0 Å². The largest absolute Gasteiger partial charge is 0.198 e. The Morgan fingerprint density at radius 1 is 1.18 bits per heavy atom. The van der Waals surface area contributed by atoms with E-state index in [4.69, 9.17) is 21.6 Å². The van der Waals surface area contributed by atoms with Gasteiger partial charge in [-0.25, -0.2) is 0 Å². The van der Waals surface area contributed by atoms with Gasteiger partial charge in [0.1, 0.15) is 0 Å². The summed E-state index contributed by atoms with van der Waals surface area (Å²) in [4.78, 5) is 0. The maximum Gasteiger partial charge on any atom is 0.155 e. The summed E-state index contributed by atoms with van der Waals surface area (Å²) in [6.45, 7) is 2.00. The third kappa shape index (κ3) is 5.91. The van der Waals surface area contributed by atoms with Crippen molar-refractivity contribution in [2.75, 3.05) is 0 Å². The summed E-state index contributed by atoms with van der Waals surface area (Å²) in [7, 11) is -1.72. The topological polar surface area (TPSA) is 47.6 Å². The van der Waals surface area contributed by atoms with Crippen LogP contribution in [0.25, 0.3) is 0 Å². The van der Waals surface area contributed by atoms with Crippen molar-refractivity contribution in [3.8, 4) is 12.1 Å². The number of halogens is 1. The van der Waals surface area contributed by atoms with Gasteiger partial charge in [-0.15, -0.1) is 0 Å². The minimum Gasteiger partial charge on any atom is -0.198 e. The average Bonchev–Trinajstić information content (AvgIpc) is 1.97. The summed E-state index contributed by atoms with van der Waals surface area (Å²) in [6, 6.07) is 5.73. The van der Waals surface area contributed by atoms with Gasteiger partial charge in [0, 0.05) is 12.8 Å². The smallest absolute Gasteiger partial charge is 0.155 e. The fourth-order valence-electron chi connectivity index (χ4n) is 0.758. The average molecular weight is 187 g/mol. The molecule has 0 aromatic carbocycles. The highest BCUT2D eigenvalue weighted by atomic mass is 35.6. The lowest BCUT2D eigenvalue weighted by Gasteiger charge is -2.14. The number of rotatable bonds is 4. The molecule has 11 heavy (non-hydrogen) atoms. The van der Waals surface area contributed by atoms with E-state index < -0.39 is 7.38 Å². The van der Waals surface area contributed by atoms with Gasteiger partial charge in [-0.2, -0.15) is 21.6 Å². The Labute approximate surface area is 73.1 Å². The zero-order chi connectivity index (χ0) is 8.74. The van der Waals surface area contributed by atoms with Crippen LogP contribution in [0, 0.1) is 22.7 Å². The standard InChI is InChI=1S/C7H11ClN2Si/c1-11(8,6-2-4-9)7-3-5-10/h2-3,6-7H2,1H3. The van der Waals surface area contributed by atoms with Crippen LogP contribution in [0.15, 0.2) is 0 Å². The molecule has 0 radical (unpaired) electrons. The van der Waals surface area contributed by atoms with Crippen molar-refractivity contribution < 1.29 is 0 Å². The molecular weight excluding hydrogens is 176 g/mol. The third-order valence-corrected chi connectivity index (χ3v) is 5.24. The summed E-state index contributed by atoms with van der Waals surface area (Å²) >= 11 is 6.13. The van der Waals surface area contributed by atoms with Crippen LogP contribution in [0.2, 0.25) is 18.6 Å². The Morgan fingerprint density at radius 2 is 1.55 bits per heavy atom. The lowest BCUT2D eigenvalue weighted by atomic mass is 10.5. The molecule has 60 valence electrons. The van der Waals surface area contributed by atoms with Crippen LogP contribution in [-0.4, -0.2) is 7.38 Å². The van der Waals surface area contributed by atoms with E-state index in [-0.39, 0.29) is 0 Å². The van der Waals surface area contributed by atoms with E-state index in [1.165, 1.54) is 0 Å². The molecule has 0 aromatic rings. The maximum absolute atomic E-state index is 8.30. The van der Waals surface area contributed by atoms with Gasteiger partial charge in [0.15, 0.2) is 7.38 Å². The summed E-state index contributed by atoms with van der Waals surface area (Å²) in [5.74, 6) is 0. The fraction of sp³-hybridized carbons (Fsp3) is 0.714. The molecule has 0 atom stereocenters. The van der Waals surface area contributed by atoms with Crippen molar-refractivity contribution in [2.24, 2.45) is 0 Å². The van der Waals surface area contributed by atoms with Crippen LogP contribution in [0.1, 0.15) is 12.8 Å². The molecule has 0 bridgehead atoms. The van der Waals surface area contributed by atoms with Crippen LogP contribution >= 0.6 is 11.1 Å². The lowest BCUT2D eigenvalue weighted by Crippen LogP contribution is -2.20. The van der Waals surface area contributed by atoms with Crippen molar-refractivity contribution in [2.45, 2.75) is 31.5 Å². The van der Waals surface area contributed by atoms with Gasteiger partial charge in [0.05, 0.1) is 12.1 Å². The van der Waals surface area contributed by atoms with E-state index in [2.05, 4.69) is 12.1 Å². The van der Waals surface area contributed by atoms with E-state index >= 15 is 0 Å². The highest BCUT2D eigenvalue weighted by molar-refractivity contribution is 7.19. The van der Waals surface area contributed by atoms with Crippen molar-refractivity contribution in [3.63, 3.8) is 0 Å². The van der Waals surface area contributed by atoms with E-state index in [1.807, 2.05) is 6.55 Å². The van der Waals surface area contributed by atoms with E-state index in [9.17, 15) is 0 Å². The number of nitrogens with zero attached hydrogens (tertiary/aromatic N) is 2. The Hall–Kier alpha value is -0.513. The summed E-state index contributed by atoms with van der Waals surface area (Å²) < 4.78 is 0. The predicted molar refractivity (Wildman–Crippen MR) is 47.5 cm³/mol. The van der Waals surface area contributed by atoms with Crippen LogP contribution in [0.5, 0.6) is 0 Å². The minimum atomic E-state index is -1.72. The lowest BCUT2D eigenvalue weighted by molar-refractivity contribution is 1.11. The van der Waals surface area contributed by atoms with Gasteiger partial charge >= 0.3 is 0 Å². The van der Waals surface area contributed by atoms with Crippen molar-refractivity contribution in [1.29, 1.82) is 10.5 Å². The zero-order valence-electron chi connectivity index (χ0n) is 6.60. The molecule has 2 nitrogen and oxygen atoms in total. The third-order valence-electron chi connectivity index (χ3n) is 1.52. The Morgan fingerprint density at radius 3 is 1.82 bits per heavy atom. The molecule has 0 spiro atoms. The molecule has 0 N–H and O–H groups in total. The first-order chi connectivity index (χ1) is 5.12. The molecule has 0 rings (SSSR count). The second kappa shape index (κ2) is 5.18. The molecule has 0 aromatic heterocycles. The SMILES string of the molecule is C[Si](Cl)(CCC#N)CCC#N. The molecule has 4 heteroatoms. The molecule has 0 saturated carbocycles. The fourth-order valence-corrected chi connectivity index (χ4v) is 2.84. The number of hydrogen-bond donors (Lipinski definition) is 0. The van der Waals surface area contributed by atoms with Crippen molar-refractivity contribution in [1.82, 2.24) is 0 Å². The van der Waals surface area contributed by atoms with Crippen LogP contribution in [0.3, 0.4) is 0 Å². The molecule has 0 saturated heterocycles. The monoisotopic (exact) mass is 186 g/mol. The highest BCUT2D eigenvalue weighted by Gasteiger charge is 2.22. The minimum absolute atomic E-state index is 0.525. The first kappa shape index (κ1) is 10.5. The summed E-state index contributed by atoms with van der Waals surface area (Å²) in [6.07, 6.45) is 1.05.